The van der Waals surface area contributed by atoms with Crippen LogP contribution in [0.15, 0.2) is 40.4 Å². The minimum Gasteiger partial charge on any atom is -0.248 e. The van der Waals surface area contributed by atoms with Crippen molar-refractivity contribution in [2.45, 2.75) is 35.2 Å². The summed E-state index contributed by atoms with van der Waals surface area (Å²) in [5.41, 5.74) is 0. The fourth-order valence-corrected chi connectivity index (χ4v) is 5.49. The third-order valence-corrected chi connectivity index (χ3v) is 6.47. The molecule has 2 aromatic rings. The average Bonchev–Trinajstić information content (AvgIpc) is 2.96. The number of hydrogen-bond acceptors (Lipinski definition) is 6. The second-order valence-corrected chi connectivity index (χ2v) is 9.04. The van der Waals surface area contributed by atoms with Crippen LogP contribution < -0.4 is 4.72 Å². The van der Waals surface area contributed by atoms with E-state index >= 15 is 0 Å². The lowest BCUT2D eigenvalue weighted by atomic mass is 10.1. The van der Waals surface area contributed by atoms with Crippen molar-refractivity contribution < 1.29 is 16.8 Å². The summed E-state index contributed by atoms with van der Waals surface area (Å²) >= 11 is 0. The number of sulfonamides is 1. The monoisotopic (exact) mass is 356 g/mol. The number of benzene rings is 1. The zero-order valence-corrected chi connectivity index (χ0v) is 14.0. The van der Waals surface area contributed by atoms with E-state index < -0.39 is 25.9 Å². The Bertz CT molecular complexity index is 934. The number of aromatic nitrogens is 3. The van der Waals surface area contributed by atoms with Gasteiger partial charge in [0.1, 0.15) is 17.0 Å². The largest absolute Gasteiger partial charge is 0.248 e. The van der Waals surface area contributed by atoms with Crippen LogP contribution in [-0.4, -0.2) is 37.9 Å². The van der Waals surface area contributed by atoms with Gasteiger partial charge in [0, 0.05) is 12.8 Å². The number of nitrogens with one attached hydrogen (secondary N) is 1. The smallest absolute Gasteiger partial charge is 0.242 e. The molecule has 1 aromatic heterocycles. The molecule has 3 rings (SSSR count). The van der Waals surface area contributed by atoms with Crippen LogP contribution in [-0.2, 0) is 26.4 Å². The third kappa shape index (κ3) is 3.14. The molecule has 0 saturated carbocycles. The molecule has 124 valence electrons. The Morgan fingerprint density at radius 2 is 1.87 bits per heavy atom. The van der Waals surface area contributed by atoms with E-state index in [1.54, 1.807) is 4.68 Å². The molecule has 1 N–H and O–H groups in total. The first kappa shape index (κ1) is 16.1. The number of hydrogen-bond donors (Lipinski definition) is 1. The predicted molar refractivity (Wildman–Crippen MR) is 81.9 cm³/mol. The molecule has 0 fully saturated rings. The Labute approximate surface area is 134 Å². The van der Waals surface area contributed by atoms with Gasteiger partial charge in [0.05, 0.1) is 10.9 Å². The van der Waals surface area contributed by atoms with Gasteiger partial charge in [-0.1, -0.05) is 12.1 Å². The van der Waals surface area contributed by atoms with E-state index in [0.29, 0.717) is 18.8 Å². The van der Waals surface area contributed by atoms with Crippen molar-refractivity contribution in [3.63, 3.8) is 0 Å². The van der Waals surface area contributed by atoms with Crippen molar-refractivity contribution in [1.29, 1.82) is 0 Å². The summed E-state index contributed by atoms with van der Waals surface area (Å²) in [6.45, 7) is 0.688. The molecule has 1 aliphatic rings. The van der Waals surface area contributed by atoms with Crippen LogP contribution in [0.5, 0.6) is 0 Å². The van der Waals surface area contributed by atoms with Gasteiger partial charge in [-0.2, -0.15) is 5.10 Å². The molecule has 2 heterocycles. The lowest BCUT2D eigenvalue weighted by molar-refractivity contribution is 0.399. The number of sulfone groups is 1. The molecule has 0 amide bonds. The van der Waals surface area contributed by atoms with Crippen molar-refractivity contribution in [3.05, 3.63) is 36.4 Å². The standard InChI is InChI=1S/C13H16N4O4S2/c1-22(18,19)11-6-2-3-7-12(11)23(20,21)16-10-5-4-8-17-13(10)14-9-15-17/h2-3,6-7,9-10,16H,4-5,8H2,1H3/t10-/m0/s1. The van der Waals surface area contributed by atoms with Crippen LogP contribution in [0.4, 0.5) is 0 Å². The molecule has 23 heavy (non-hydrogen) atoms. The molecular weight excluding hydrogens is 340 g/mol. The number of rotatable bonds is 4. The number of aryl methyl sites for hydroxylation is 1. The topological polar surface area (TPSA) is 111 Å². The highest BCUT2D eigenvalue weighted by molar-refractivity contribution is 7.93. The fourth-order valence-electron chi connectivity index (χ4n) is 2.63. The maximum absolute atomic E-state index is 12.7. The third-order valence-electron chi connectivity index (χ3n) is 3.66. The van der Waals surface area contributed by atoms with Crippen LogP contribution in [0, 0.1) is 0 Å². The fraction of sp³-hybridized carbons (Fsp3) is 0.385. The molecule has 8 nitrogen and oxygen atoms in total. The van der Waals surface area contributed by atoms with Gasteiger partial charge in [-0.15, -0.1) is 0 Å². The molecule has 1 atom stereocenters. The van der Waals surface area contributed by atoms with Gasteiger partial charge in [0.25, 0.3) is 0 Å². The van der Waals surface area contributed by atoms with Gasteiger partial charge in [-0.25, -0.2) is 31.2 Å². The Morgan fingerprint density at radius 3 is 2.57 bits per heavy atom. The van der Waals surface area contributed by atoms with E-state index in [4.69, 9.17) is 0 Å². The van der Waals surface area contributed by atoms with Crippen LogP contribution in [0.1, 0.15) is 24.7 Å². The molecule has 1 aliphatic heterocycles. The first-order valence-corrected chi connectivity index (χ1v) is 10.4. The lowest BCUT2D eigenvalue weighted by Gasteiger charge is -2.23. The highest BCUT2D eigenvalue weighted by Gasteiger charge is 2.30. The van der Waals surface area contributed by atoms with Gasteiger partial charge >= 0.3 is 0 Å². The molecule has 0 aliphatic carbocycles. The summed E-state index contributed by atoms with van der Waals surface area (Å²) in [4.78, 5) is 3.63. The highest BCUT2D eigenvalue weighted by Crippen LogP contribution is 2.26. The second kappa shape index (κ2) is 5.69. The summed E-state index contributed by atoms with van der Waals surface area (Å²) in [5, 5.41) is 4.04. The van der Waals surface area contributed by atoms with Crippen LogP contribution in [0.25, 0.3) is 0 Å². The van der Waals surface area contributed by atoms with Gasteiger partial charge < -0.3 is 0 Å². The maximum atomic E-state index is 12.7. The minimum absolute atomic E-state index is 0.218. The van der Waals surface area contributed by atoms with E-state index in [1.165, 1.54) is 30.6 Å². The Balaban J connectivity index is 1.99. The van der Waals surface area contributed by atoms with E-state index in [-0.39, 0.29) is 9.79 Å². The molecule has 0 unspecified atom stereocenters. The minimum atomic E-state index is -4.00. The van der Waals surface area contributed by atoms with Gasteiger partial charge in [0.15, 0.2) is 9.84 Å². The number of nitrogens with zero attached hydrogens (tertiary/aromatic N) is 3. The summed E-state index contributed by atoms with van der Waals surface area (Å²) < 4.78 is 53.2. The second-order valence-electron chi connectivity index (χ2n) is 5.38. The highest BCUT2D eigenvalue weighted by atomic mass is 32.2. The summed E-state index contributed by atoms with van der Waals surface area (Å²) in [6.07, 6.45) is 3.71. The summed E-state index contributed by atoms with van der Waals surface area (Å²) in [7, 11) is -7.66. The van der Waals surface area contributed by atoms with Crippen molar-refractivity contribution in [2.75, 3.05) is 6.26 Å². The zero-order chi connectivity index (χ0) is 16.7. The van der Waals surface area contributed by atoms with Gasteiger partial charge in [-0.05, 0) is 25.0 Å². The van der Waals surface area contributed by atoms with Gasteiger partial charge in [-0.3, -0.25) is 0 Å². The predicted octanol–water partition coefficient (Wildman–Crippen LogP) is 0.495. The SMILES string of the molecule is CS(=O)(=O)c1ccccc1S(=O)(=O)N[C@H]1CCCn2ncnc21. The van der Waals surface area contributed by atoms with E-state index in [2.05, 4.69) is 14.8 Å². The van der Waals surface area contributed by atoms with Crippen molar-refractivity contribution in [1.82, 2.24) is 19.5 Å². The van der Waals surface area contributed by atoms with Crippen molar-refractivity contribution >= 4 is 19.9 Å². The van der Waals surface area contributed by atoms with E-state index in [9.17, 15) is 16.8 Å². The molecule has 0 bridgehead atoms. The first-order valence-electron chi connectivity index (χ1n) is 6.98. The van der Waals surface area contributed by atoms with Crippen molar-refractivity contribution in [3.8, 4) is 0 Å². The molecule has 0 radical (unpaired) electrons. The molecule has 1 aromatic carbocycles. The van der Waals surface area contributed by atoms with Crippen LogP contribution in [0.2, 0.25) is 0 Å². The maximum Gasteiger partial charge on any atom is 0.242 e. The Kier molecular flexibility index (Phi) is 3.98. The summed E-state index contributed by atoms with van der Waals surface area (Å²) in [6, 6.07) is 5.03. The lowest BCUT2D eigenvalue weighted by Crippen LogP contribution is -2.34. The summed E-state index contributed by atoms with van der Waals surface area (Å²) in [5.74, 6) is 0.539. The molecule has 0 saturated heterocycles. The van der Waals surface area contributed by atoms with Crippen LogP contribution in [0.3, 0.4) is 0 Å². The van der Waals surface area contributed by atoms with E-state index in [1.807, 2.05) is 0 Å². The average molecular weight is 356 g/mol. The molecule has 0 spiro atoms. The molecule has 10 heteroatoms. The van der Waals surface area contributed by atoms with Crippen LogP contribution >= 0.6 is 0 Å². The Morgan fingerprint density at radius 1 is 1.17 bits per heavy atom. The normalized spacial score (nSPS) is 18.6. The molecular formula is C13H16N4O4S2. The quantitative estimate of drug-likeness (QED) is 0.854. The zero-order valence-electron chi connectivity index (χ0n) is 12.4. The Hall–Kier alpha value is -1.78. The first-order chi connectivity index (χ1) is 10.8. The van der Waals surface area contributed by atoms with E-state index in [0.717, 1.165) is 12.7 Å². The van der Waals surface area contributed by atoms with Crippen molar-refractivity contribution in [2.24, 2.45) is 0 Å². The number of fused-ring (bicyclic) bond motifs is 1. The van der Waals surface area contributed by atoms with Gasteiger partial charge in [0.2, 0.25) is 10.0 Å².